The van der Waals surface area contributed by atoms with Crippen LogP contribution in [0.25, 0.3) is 0 Å². The molecule has 0 aromatic carbocycles. The van der Waals surface area contributed by atoms with Gasteiger partial charge in [-0.05, 0) is 20.5 Å². The van der Waals surface area contributed by atoms with Crippen LogP contribution in [0.1, 0.15) is 12.8 Å². The van der Waals surface area contributed by atoms with Crippen molar-refractivity contribution in [1.29, 1.82) is 0 Å². The predicted octanol–water partition coefficient (Wildman–Crippen LogP) is -0.548. The largest absolute Gasteiger partial charge is 0.396 e. The number of aliphatic hydroxyl groups excluding tert-OH is 1. The number of nitrogens with one attached hydrogen (secondary N) is 1. The molecule has 0 rings (SSSR count). The Morgan fingerprint density at radius 2 is 2.20 bits per heavy atom. The predicted molar refractivity (Wildman–Crippen MR) is 58.7 cm³/mol. The van der Waals surface area contributed by atoms with E-state index in [0.717, 1.165) is 6.54 Å². The van der Waals surface area contributed by atoms with Crippen molar-refractivity contribution < 1.29 is 14.6 Å². The summed E-state index contributed by atoms with van der Waals surface area (Å²) in [7, 11) is 5.43. The van der Waals surface area contributed by atoms with Crippen molar-refractivity contribution >= 4 is 5.91 Å². The SMILES string of the molecule is COCC(CCO)NC(=O)CCN(C)C. The number of ether oxygens (including phenoxy) is 1. The lowest BCUT2D eigenvalue weighted by molar-refractivity contribution is -0.122. The highest BCUT2D eigenvalue weighted by atomic mass is 16.5. The van der Waals surface area contributed by atoms with E-state index in [1.54, 1.807) is 7.11 Å². The molecule has 0 saturated heterocycles. The third kappa shape index (κ3) is 8.35. The highest BCUT2D eigenvalue weighted by Crippen LogP contribution is 1.93. The molecular weight excluding hydrogens is 196 g/mol. The van der Waals surface area contributed by atoms with Crippen LogP contribution in [0, 0.1) is 0 Å². The monoisotopic (exact) mass is 218 g/mol. The van der Waals surface area contributed by atoms with Crippen molar-refractivity contribution in [3.05, 3.63) is 0 Å². The Balaban J connectivity index is 3.77. The molecule has 5 nitrogen and oxygen atoms in total. The van der Waals surface area contributed by atoms with E-state index >= 15 is 0 Å². The molecule has 0 spiro atoms. The first kappa shape index (κ1) is 14.3. The first-order chi connectivity index (χ1) is 7.10. The zero-order chi connectivity index (χ0) is 11.7. The molecule has 5 heteroatoms. The summed E-state index contributed by atoms with van der Waals surface area (Å²) in [5.41, 5.74) is 0. The number of aliphatic hydroxyl groups is 1. The summed E-state index contributed by atoms with van der Waals surface area (Å²) in [4.78, 5) is 13.4. The number of amides is 1. The summed E-state index contributed by atoms with van der Waals surface area (Å²) in [5.74, 6) is -0.000741. The van der Waals surface area contributed by atoms with E-state index < -0.39 is 0 Å². The standard InChI is InChI=1S/C10H22N2O3/c1-12(2)6-4-10(14)11-9(5-7-13)8-15-3/h9,13H,4-8H2,1-3H3,(H,11,14). The Morgan fingerprint density at radius 1 is 1.53 bits per heavy atom. The molecule has 1 unspecified atom stereocenters. The third-order valence-electron chi connectivity index (χ3n) is 2.00. The Labute approximate surface area is 91.4 Å². The normalized spacial score (nSPS) is 12.9. The molecular formula is C10H22N2O3. The van der Waals surface area contributed by atoms with Gasteiger partial charge in [0.1, 0.15) is 0 Å². The molecule has 0 aromatic heterocycles. The molecule has 0 saturated carbocycles. The van der Waals surface area contributed by atoms with Crippen molar-refractivity contribution in [2.75, 3.05) is 41.0 Å². The van der Waals surface area contributed by atoms with E-state index in [-0.39, 0.29) is 18.6 Å². The number of methoxy groups -OCH3 is 1. The summed E-state index contributed by atoms with van der Waals surface area (Å²) in [6.45, 7) is 1.22. The van der Waals surface area contributed by atoms with Crippen LogP contribution in [0.3, 0.4) is 0 Å². The number of rotatable bonds is 8. The van der Waals surface area contributed by atoms with Gasteiger partial charge in [-0.2, -0.15) is 0 Å². The smallest absolute Gasteiger partial charge is 0.221 e. The third-order valence-corrected chi connectivity index (χ3v) is 2.00. The Hall–Kier alpha value is -0.650. The average Bonchev–Trinajstić information content (AvgIpc) is 2.15. The summed E-state index contributed by atoms with van der Waals surface area (Å²) < 4.78 is 4.95. The zero-order valence-corrected chi connectivity index (χ0v) is 9.82. The second kappa shape index (κ2) is 8.64. The van der Waals surface area contributed by atoms with E-state index in [0.29, 0.717) is 19.4 Å². The van der Waals surface area contributed by atoms with Crippen molar-refractivity contribution in [3.8, 4) is 0 Å². The highest BCUT2D eigenvalue weighted by Gasteiger charge is 2.11. The second-order valence-electron chi connectivity index (χ2n) is 3.79. The Bertz CT molecular complexity index is 168. The zero-order valence-electron chi connectivity index (χ0n) is 9.82. The fourth-order valence-electron chi connectivity index (χ4n) is 1.18. The quantitative estimate of drug-likeness (QED) is 0.574. The van der Waals surface area contributed by atoms with Crippen molar-refractivity contribution in [3.63, 3.8) is 0 Å². The van der Waals surface area contributed by atoms with Crippen LogP contribution >= 0.6 is 0 Å². The van der Waals surface area contributed by atoms with Gasteiger partial charge in [-0.1, -0.05) is 0 Å². The fraction of sp³-hybridized carbons (Fsp3) is 0.900. The first-order valence-electron chi connectivity index (χ1n) is 5.14. The van der Waals surface area contributed by atoms with Crippen LogP contribution in [0.4, 0.5) is 0 Å². The molecule has 0 aliphatic rings. The first-order valence-corrected chi connectivity index (χ1v) is 5.14. The van der Waals surface area contributed by atoms with E-state index in [1.165, 1.54) is 0 Å². The highest BCUT2D eigenvalue weighted by molar-refractivity contribution is 5.76. The van der Waals surface area contributed by atoms with Gasteiger partial charge in [-0.25, -0.2) is 0 Å². The molecule has 2 N–H and O–H groups in total. The van der Waals surface area contributed by atoms with Gasteiger partial charge in [0.25, 0.3) is 0 Å². The topological polar surface area (TPSA) is 61.8 Å². The number of hydrogen-bond acceptors (Lipinski definition) is 4. The van der Waals surface area contributed by atoms with Gasteiger partial charge in [0.2, 0.25) is 5.91 Å². The molecule has 0 aliphatic heterocycles. The van der Waals surface area contributed by atoms with Crippen LogP contribution in [0.15, 0.2) is 0 Å². The van der Waals surface area contributed by atoms with Crippen LogP contribution in [0.2, 0.25) is 0 Å². The van der Waals surface area contributed by atoms with Crippen LogP contribution in [0.5, 0.6) is 0 Å². The van der Waals surface area contributed by atoms with Gasteiger partial charge in [0.15, 0.2) is 0 Å². The molecule has 0 fully saturated rings. The van der Waals surface area contributed by atoms with Gasteiger partial charge < -0.3 is 20.1 Å². The van der Waals surface area contributed by atoms with E-state index in [4.69, 9.17) is 9.84 Å². The minimum atomic E-state index is -0.0883. The average molecular weight is 218 g/mol. The molecule has 0 bridgehead atoms. The minimum Gasteiger partial charge on any atom is -0.396 e. The van der Waals surface area contributed by atoms with Crippen molar-refractivity contribution in [1.82, 2.24) is 10.2 Å². The lowest BCUT2D eigenvalue weighted by atomic mass is 10.2. The van der Waals surface area contributed by atoms with Crippen LogP contribution < -0.4 is 5.32 Å². The number of carbonyl (C=O) groups excluding carboxylic acids is 1. The van der Waals surface area contributed by atoms with Gasteiger partial charge in [0.05, 0.1) is 12.6 Å². The molecule has 0 aliphatic carbocycles. The summed E-state index contributed by atoms with van der Waals surface area (Å²) in [5, 5.41) is 11.6. The minimum absolute atomic E-state index is 0.000741. The molecule has 0 radical (unpaired) electrons. The number of nitrogens with zero attached hydrogens (tertiary/aromatic N) is 1. The molecule has 1 amide bonds. The van der Waals surface area contributed by atoms with Gasteiger partial charge in [-0.15, -0.1) is 0 Å². The van der Waals surface area contributed by atoms with Crippen molar-refractivity contribution in [2.45, 2.75) is 18.9 Å². The molecule has 0 heterocycles. The van der Waals surface area contributed by atoms with Gasteiger partial charge in [-0.3, -0.25) is 4.79 Å². The molecule has 1 atom stereocenters. The maximum absolute atomic E-state index is 11.4. The molecule has 90 valence electrons. The van der Waals surface area contributed by atoms with Gasteiger partial charge in [0, 0.05) is 26.7 Å². The summed E-state index contributed by atoms with van der Waals surface area (Å²) >= 11 is 0. The lowest BCUT2D eigenvalue weighted by Crippen LogP contribution is -2.39. The molecule has 15 heavy (non-hydrogen) atoms. The van der Waals surface area contributed by atoms with Crippen LogP contribution in [-0.2, 0) is 9.53 Å². The maximum atomic E-state index is 11.4. The van der Waals surface area contributed by atoms with Crippen molar-refractivity contribution in [2.24, 2.45) is 0 Å². The Morgan fingerprint density at radius 3 is 2.67 bits per heavy atom. The van der Waals surface area contributed by atoms with E-state index in [1.807, 2.05) is 19.0 Å². The maximum Gasteiger partial charge on any atom is 0.221 e. The van der Waals surface area contributed by atoms with E-state index in [2.05, 4.69) is 5.32 Å². The number of hydrogen-bond donors (Lipinski definition) is 2. The second-order valence-corrected chi connectivity index (χ2v) is 3.79. The molecule has 0 aromatic rings. The Kier molecular flexibility index (Phi) is 8.27. The van der Waals surface area contributed by atoms with Crippen LogP contribution in [-0.4, -0.2) is 62.9 Å². The lowest BCUT2D eigenvalue weighted by Gasteiger charge is -2.17. The summed E-state index contributed by atoms with van der Waals surface area (Å²) in [6, 6.07) is -0.0883. The van der Waals surface area contributed by atoms with Gasteiger partial charge >= 0.3 is 0 Å². The fourth-order valence-corrected chi connectivity index (χ4v) is 1.18. The number of carbonyl (C=O) groups is 1. The summed E-state index contributed by atoms with van der Waals surface area (Å²) in [6.07, 6.45) is 1.00. The van der Waals surface area contributed by atoms with E-state index in [9.17, 15) is 4.79 Å².